The number of unbranched alkanes of at least 4 members (excludes halogenated alkanes) is 2. The van der Waals surface area contributed by atoms with E-state index in [0.29, 0.717) is 0 Å². The molecule has 4 nitrogen and oxygen atoms in total. The molecule has 0 aliphatic rings. The van der Waals surface area contributed by atoms with Crippen molar-refractivity contribution >= 4 is 6.09 Å². The van der Waals surface area contributed by atoms with Crippen LogP contribution in [0.3, 0.4) is 0 Å². The van der Waals surface area contributed by atoms with Gasteiger partial charge in [-0.3, -0.25) is 5.32 Å². The number of benzene rings is 4. The van der Waals surface area contributed by atoms with E-state index in [9.17, 15) is 4.79 Å². The average Bonchev–Trinajstić information content (AvgIpc) is 3.02. The van der Waals surface area contributed by atoms with Gasteiger partial charge in [0.15, 0.2) is 0 Å². The molecular formula is C36H40N2O2. The van der Waals surface area contributed by atoms with Gasteiger partial charge in [0.1, 0.15) is 6.61 Å². The van der Waals surface area contributed by atoms with Crippen LogP contribution >= 0.6 is 0 Å². The first kappa shape index (κ1) is 28.8. The van der Waals surface area contributed by atoms with Crippen LogP contribution < -0.4 is 10.6 Å². The molecule has 0 spiro atoms. The Hall–Kier alpha value is -4.15. The lowest BCUT2D eigenvalue weighted by atomic mass is 9.77. The highest BCUT2D eigenvalue weighted by atomic mass is 16.5. The first-order chi connectivity index (χ1) is 19.7. The zero-order valence-corrected chi connectivity index (χ0v) is 23.2. The summed E-state index contributed by atoms with van der Waals surface area (Å²) in [5.74, 6) is 0. The maximum atomic E-state index is 12.4. The third kappa shape index (κ3) is 7.93. The molecule has 0 aliphatic carbocycles. The molecule has 1 amide bonds. The molecule has 0 saturated heterocycles. The van der Waals surface area contributed by atoms with Crippen molar-refractivity contribution in [3.8, 4) is 0 Å². The van der Waals surface area contributed by atoms with Gasteiger partial charge in [0.25, 0.3) is 0 Å². The highest BCUT2D eigenvalue weighted by Crippen LogP contribution is 2.36. The van der Waals surface area contributed by atoms with Crippen LogP contribution in [0, 0.1) is 0 Å². The summed E-state index contributed by atoms with van der Waals surface area (Å²) in [4.78, 5) is 12.4. The molecule has 0 fully saturated rings. The van der Waals surface area contributed by atoms with Gasteiger partial charge in [-0.1, -0.05) is 140 Å². The van der Waals surface area contributed by atoms with Gasteiger partial charge in [-0.15, -0.1) is 6.58 Å². The largest absolute Gasteiger partial charge is 0.445 e. The van der Waals surface area contributed by atoms with Crippen molar-refractivity contribution in [2.45, 2.75) is 50.3 Å². The Morgan fingerprint density at radius 1 is 0.725 bits per heavy atom. The second-order valence-electron chi connectivity index (χ2n) is 10.1. The lowest BCUT2D eigenvalue weighted by Gasteiger charge is -2.37. The van der Waals surface area contributed by atoms with Crippen molar-refractivity contribution in [2.75, 3.05) is 6.54 Å². The van der Waals surface area contributed by atoms with Crippen LogP contribution in [-0.2, 0) is 16.9 Å². The fourth-order valence-electron chi connectivity index (χ4n) is 5.22. The minimum atomic E-state index is -0.445. The number of rotatable bonds is 15. The van der Waals surface area contributed by atoms with E-state index in [0.717, 1.165) is 44.2 Å². The predicted octanol–water partition coefficient (Wildman–Crippen LogP) is 8.00. The van der Waals surface area contributed by atoms with Gasteiger partial charge in [-0.2, -0.15) is 0 Å². The minimum absolute atomic E-state index is 0.0192. The molecule has 1 atom stereocenters. The molecule has 0 saturated carbocycles. The first-order valence-corrected chi connectivity index (χ1v) is 14.2. The zero-order chi connectivity index (χ0) is 27.9. The lowest BCUT2D eigenvalue weighted by molar-refractivity contribution is 0.135. The van der Waals surface area contributed by atoms with E-state index >= 15 is 0 Å². The molecule has 0 radical (unpaired) electrons. The Bertz CT molecular complexity index is 1180. The van der Waals surface area contributed by atoms with Gasteiger partial charge >= 0.3 is 6.09 Å². The highest BCUT2D eigenvalue weighted by molar-refractivity contribution is 5.67. The van der Waals surface area contributed by atoms with Crippen molar-refractivity contribution in [2.24, 2.45) is 0 Å². The number of amides is 1. The molecule has 0 heterocycles. The molecule has 4 aromatic carbocycles. The van der Waals surface area contributed by atoms with Gasteiger partial charge in [0.05, 0.1) is 5.54 Å². The number of alkyl carbamates (subject to hydrolysis) is 1. The van der Waals surface area contributed by atoms with Gasteiger partial charge in [0.2, 0.25) is 0 Å². The molecule has 0 aliphatic heterocycles. The van der Waals surface area contributed by atoms with Crippen LogP contribution in [0.1, 0.15) is 54.4 Å². The summed E-state index contributed by atoms with van der Waals surface area (Å²) in [6.45, 7) is 5.00. The Labute approximate surface area is 239 Å². The third-order valence-electron chi connectivity index (χ3n) is 7.23. The van der Waals surface area contributed by atoms with E-state index < -0.39 is 5.54 Å². The number of ether oxygens (including phenoxy) is 1. The average molecular weight is 533 g/mol. The molecule has 0 aromatic heterocycles. The van der Waals surface area contributed by atoms with E-state index in [1.54, 1.807) is 0 Å². The SMILES string of the molecule is C=CCC(CCCCCNC(c1ccccc1)(c1ccccc1)c1ccccc1)NC(=O)OCc1ccccc1. The van der Waals surface area contributed by atoms with Gasteiger partial charge < -0.3 is 10.1 Å². The fraction of sp³-hybridized carbons (Fsp3) is 0.250. The molecule has 4 aromatic rings. The quantitative estimate of drug-likeness (QED) is 0.0926. The summed E-state index contributed by atoms with van der Waals surface area (Å²) < 4.78 is 5.42. The summed E-state index contributed by atoms with van der Waals surface area (Å²) in [6.07, 6.45) is 6.16. The molecule has 2 N–H and O–H groups in total. The van der Waals surface area contributed by atoms with Crippen molar-refractivity contribution < 1.29 is 9.53 Å². The smallest absolute Gasteiger partial charge is 0.407 e. The number of hydrogen-bond donors (Lipinski definition) is 2. The second kappa shape index (κ2) is 15.4. The Morgan fingerprint density at radius 2 is 1.23 bits per heavy atom. The number of carbonyl (C=O) groups is 1. The van der Waals surface area contributed by atoms with Crippen LogP contribution in [0.4, 0.5) is 4.79 Å². The lowest BCUT2D eigenvalue weighted by Crippen LogP contribution is -2.45. The van der Waals surface area contributed by atoms with E-state index in [1.807, 2.05) is 36.4 Å². The number of nitrogens with one attached hydrogen (secondary N) is 2. The molecule has 4 heteroatoms. The standard InChI is InChI=1S/C36H40N2O2/c1-2-18-34(38-35(39)40-29-30-19-8-3-9-20-30)27-16-7-17-28-37-36(31-21-10-4-11-22-31,32-23-12-5-13-24-32)33-25-14-6-15-26-33/h2-6,8-15,19-26,34,37H,1,7,16-18,27-29H2,(H,38,39). The molecule has 4 rings (SSSR count). The molecular weight excluding hydrogens is 492 g/mol. The van der Waals surface area contributed by atoms with Crippen molar-refractivity contribution in [1.29, 1.82) is 0 Å². The molecule has 1 unspecified atom stereocenters. The van der Waals surface area contributed by atoms with E-state index in [4.69, 9.17) is 4.74 Å². The Kier molecular flexibility index (Phi) is 11.1. The van der Waals surface area contributed by atoms with Gasteiger partial charge in [0, 0.05) is 6.04 Å². The second-order valence-corrected chi connectivity index (χ2v) is 10.1. The van der Waals surface area contributed by atoms with E-state index in [2.05, 4.69) is 108 Å². The molecule has 206 valence electrons. The summed E-state index contributed by atoms with van der Waals surface area (Å²) in [5, 5.41) is 6.97. The van der Waals surface area contributed by atoms with Crippen LogP contribution in [0.15, 0.2) is 134 Å². The monoisotopic (exact) mass is 532 g/mol. The summed E-state index contributed by atoms with van der Waals surface area (Å²) in [5.41, 5.74) is 4.19. The summed E-state index contributed by atoms with van der Waals surface area (Å²) in [6, 6.07) is 41.8. The van der Waals surface area contributed by atoms with Gasteiger partial charge in [-0.05, 0) is 48.1 Å². The maximum absolute atomic E-state index is 12.4. The van der Waals surface area contributed by atoms with E-state index in [1.165, 1.54) is 16.7 Å². The van der Waals surface area contributed by atoms with Crippen molar-refractivity contribution in [1.82, 2.24) is 10.6 Å². The number of hydrogen-bond acceptors (Lipinski definition) is 3. The first-order valence-electron chi connectivity index (χ1n) is 14.2. The van der Waals surface area contributed by atoms with Crippen molar-refractivity contribution in [3.05, 3.63) is 156 Å². The van der Waals surface area contributed by atoms with Crippen molar-refractivity contribution in [3.63, 3.8) is 0 Å². The minimum Gasteiger partial charge on any atom is -0.445 e. The topological polar surface area (TPSA) is 50.4 Å². The van der Waals surface area contributed by atoms with E-state index in [-0.39, 0.29) is 18.7 Å². The van der Waals surface area contributed by atoms with Crippen LogP contribution in [-0.4, -0.2) is 18.7 Å². The van der Waals surface area contributed by atoms with Crippen LogP contribution in [0.2, 0.25) is 0 Å². The maximum Gasteiger partial charge on any atom is 0.407 e. The zero-order valence-electron chi connectivity index (χ0n) is 23.2. The normalized spacial score (nSPS) is 11.9. The highest BCUT2D eigenvalue weighted by Gasteiger charge is 2.35. The van der Waals surface area contributed by atoms with Crippen LogP contribution in [0.5, 0.6) is 0 Å². The van der Waals surface area contributed by atoms with Crippen LogP contribution in [0.25, 0.3) is 0 Å². The Morgan fingerprint density at radius 3 is 1.73 bits per heavy atom. The molecule has 40 heavy (non-hydrogen) atoms. The molecule has 0 bridgehead atoms. The Balaban J connectivity index is 1.34. The summed E-state index contributed by atoms with van der Waals surface area (Å²) in [7, 11) is 0. The van der Waals surface area contributed by atoms with Gasteiger partial charge in [-0.25, -0.2) is 4.79 Å². The number of carbonyl (C=O) groups excluding carboxylic acids is 1. The third-order valence-corrected chi connectivity index (χ3v) is 7.23. The predicted molar refractivity (Wildman–Crippen MR) is 164 cm³/mol. The fourth-order valence-corrected chi connectivity index (χ4v) is 5.22. The summed E-state index contributed by atoms with van der Waals surface area (Å²) >= 11 is 0.